The predicted molar refractivity (Wildman–Crippen MR) is 75.3 cm³/mol. The number of nitrogens with zero attached hydrogens (tertiary/aromatic N) is 1. The molecule has 3 heteroatoms. The van der Waals surface area contributed by atoms with E-state index < -0.39 is 0 Å². The highest BCUT2D eigenvalue weighted by Crippen LogP contribution is 2.22. The van der Waals surface area contributed by atoms with Crippen LogP contribution in [-0.2, 0) is 4.74 Å². The zero-order valence-electron chi connectivity index (χ0n) is 12.7. The standard InChI is InChI=1S/C12H26N2O.C2H6/c1-5-13-9-12(4)7-6-8-14(10-15-12)11(2)3;1-2/h11,13H,5-10H2,1-4H3;1-2H3. The third kappa shape index (κ3) is 6.39. The Labute approximate surface area is 108 Å². The second-order valence-corrected chi connectivity index (χ2v) is 5.01. The van der Waals surface area contributed by atoms with E-state index in [2.05, 4.69) is 37.9 Å². The van der Waals surface area contributed by atoms with Crippen LogP contribution in [0.25, 0.3) is 0 Å². The van der Waals surface area contributed by atoms with Gasteiger partial charge in [0.05, 0.1) is 5.60 Å². The summed E-state index contributed by atoms with van der Waals surface area (Å²) in [6, 6.07) is 0.589. The maximum absolute atomic E-state index is 6.03. The summed E-state index contributed by atoms with van der Waals surface area (Å²) in [6.07, 6.45) is 2.39. The number of ether oxygens (including phenoxy) is 1. The molecule has 1 unspecified atom stereocenters. The van der Waals surface area contributed by atoms with Gasteiger partial charge in [0.1, 0.15) is 6.73 Å². The van der Waals surface area contributed by atoms with Gasteiger partial charge in [-0.2, -0.15) is 0 Å². The maximum atomic E-state index is 6.03. The van der Waals surface area contributed by atoms with Gasteiger partial charge < -0.3 is 10.1 Å². The largest absolute Gasteiger partial charge is 0.359 e. The van der Waals surface area contributed by atoms with Crippen LogP contribution < -0.4 is 5.32 Å². The topological polar surface area (TPSA) is 24.5 Å². The van der Waals surface area contributed by atoms with Crippen molar-refractivity contribution in [1.82, 2.24) is 10.2 Å². The van der Waals surface area contributed by atoms with Gasteiger partial charge >= 0.3 is 0 Å². The molecule has 1 aliphatic heterocycles. The minimum atomic E-state index is 0.0274. The molecule has 1 rings (SSSR count). The summed E-state index contributed by atoms with van der Waals surface area (Å²) in [4.78, 5) is 2.40. The minimum absolute atomic E-state index is 0.0274. The molecule has 0 bridgehead atoms. The van der Waals surface area contributed by atoms with E-state index >= 15 is 0 Å². The van der Waals surface area contributed by atoms with Crippen LogP contribution in [-0.4, -0.2) is 42.9 Å². The van der Waals surface area contributed by atoms with E-state index in [9.17, 15) is 0 Å². The van der Waals surface area contributed by atoms with Crippen molar-refractivity contribution >= 4 is 0 Å². The lowest BCUT2D eigenvalue weighted by Crippen LogP contribution is -2.41. The third-order valence-electron chi connectivity index (χ3n) is 3.21. The third-order valence-corrected chi connectivity index (χ3v) is 3.21. The summed E-state index contributed by atoms with van der Waals surface area (Å²) in [6.45, 7) is 16.8. The Balaban J connectivity index is 0.00000121. The van der Waals surface area contributed by atoms with Crippen molar-refractivity contribution in [3.63, 3.8) is 0 Å². The van der Waals surface area contributed by atoms with Crippen molar-refractivity contribution in [2.75, 3.05) is 26.4 Å². The molecule has 0 aromatic heterocycles. The molecule has 1 aliphatic rings. The van der Waals surface area contributed by atoms with Gasteiger partial charge in [-0.25, -0.2) is 0 Å². The Morgan fingerprint density at radius 2 is 2.00 bits per heavy atom. The van der Waals surface area contributed by atoms with Crippen molar-refractivity contribution in [2.45, 2.75) is 66.0 Å². The molecule has 0 spiro atoms. The Hall–Kier alpha value is -0.120. The van der Waals surface area contributed by atoms with Crippen molar-refractivity contribution in [3.8, 4) is 0 Å². The Morgan fingerprint density at radius 1 is 1.35 bits per heavy atom. The lowest BCUT2D eigenvalue weighted by Gasteiger charge is -2.30. The molecule has 1 heterocycles. The first kappa shape index (κ1) is 16.9. The summed E-state index contributed by atoms with van der Waals surface area (Å²) in [7, 11) is 0. The second kappa shape index (κ2) is 8.90. The molecule has 0 radical (unpaired) electrons. The molecule has 0 aliphatic carbocycles. The molecule has 1 N–H and O–H groups in total. The summed E-state index contributed by atoms with van der Waals surface area (Å²) >= 11 is 0. The van der Waals surface area contributed by atoms with E-state index in [1.54, 1.807) is 0 Å². The number of likely N-dealkylation sites (N-methyl/N-ethyl adjacent to an activating group) is 1. The fraction of sp³-hybridized carbons (Fsp3) is 1.00. The number of nitrogens with one attached hydrogen (secondary N) is 1. The molecule has 0 saturated carbocycles. The van der Waals surface area contributed by atoms with Crippen molar-refractivity contribution in [2.24, 2.45) is 0 Å². The lowest BCUT2D eigenvalue weighted by atomic mass is 10.00. The van der Waals surface area contributed by atoms with Crippen molar-refractivity contribution in [3.05, 3.63) is 0 Å². The summed E-state index contributed by atoms with van der Waals surface area (Å²) in [5.74, 6) is 0. The average molecular weight is 244 g/mol. The van der Waals surface area contributed by atoms with E-state index in [1.807, 2.05) is 13.8 Å². The van der Waals surface area contributed by atoms with Crippen LogP contribution >= 0.6 is 0 Å². The lowest BCUT2D eigenvalue weighted by molar-refractivity contribution is -0.0736. The zero-order chi connectivity index (χ0) is 13.3. The van der Waals surface area contributed by atoms with E-state index in [-0.39, 0.29) is 5.60 Å². The van der Waals surface area contributed by atoms with Gasteiger partial charge in [-0.3, -0.25) is 4.90 Å². The van der Waals surface area contributed by atoms with Gasteiger partial charge in [0.15, 0.2) is 0 Å². The molecule has 3 nitrogen and oxygen atoms in total. The SMILES string of the molecule is CC.CCNCC1(C)CCCN(C(C)C)CO1. The highest BCUT2D eigenvalue weighted by atomic mass is 16.5. The number of hydrogen-bond donors (Lipinski definition) is 1. The fourth-order valence-electron chi connectivity index (χ4n) is 1.97. The Bertz CT molecular complexity index is 185. The Kier molecular flexibility index (Phi) is 8.83. The van der Waals surface area contributed by atoms with Gasteiger partial charge in [-0.15, -0.1) is 0 Å². The average Bonchev–Trinajstić information content (AvgIpc) is 2.52. The van der Waals surface area contributed by atoms with Gasteiger partial charge in [0, 0.05) is 19.1 Å². The zero-order valence-corrected chi connectivity index (χ0v) is 12.7. The quantitative estimate of drug-likeness (QED) is 0.823. The van der Waals surface area contributed by atoms with E-state index in [0.29, 0.717) is 6.04 Å². The summed E-state index contributed by atoms with van der Waals surface area (Å²) in [5, 5.41) is 3.39. The molecule has 17 heavy (non-hydrogen) atoms. The molecule has 104 valence electrons. The summed E-state index contributed by atoms with van der Waals surface area (Å²) < 4.78 is 6.03. The smallest absolute Gasteiger partial charge is 0.100 e. The van der Waals surface area contributed by atoms with Gasteiger partial charge in [-0.1, -0.05) is 20.8 Å². The molecule has 1 atom stereocenters. The normalized spacial score (nSPS) is 26.3. The molecule has 1 fully saturated rings. The molecule has 0 aromatic rings. The second-order valence-electron chi connectivity index (χ2n) is 5.01. The van der Waals surface area contributed by atoms with Crippen LogP contribution in [0.3, 0.4) is 0 Å². The van der Waals surface area contributed by atoms with Gasteiger partial charge in [0.25, 0.3) is 0 Å². The monoisotopic (exact) mass is 244 g/mol. The number of rotatable bonds is 4. The highest BCUT2D eigenvalue weighted by Gasteiger charge is 2.28. The highest BCUT2D eigenvalue weighted by molar-refractivity contribution is 4.81. The molecule has 0 amide bonds. The maximum Gasteiger partial charge on any atom is 0.100 e. The van der Waals surface area contributed by atoms with Crippen molar-refractivity contribution in [1.29, 1.82) is 0 Å². The Morgan fingerprint density at radius 3 is 2.53 bits per heavy atom. The number of hydrogen-bond acceptors (Lipinski definition) is 3. The first-order valence-electron chi connectivity index (χ1n) is 7.16. The van der Waals surface area contributed by atoms with E-state index in [1.165, 1.54) is 13.0 Å². The van der Waals surface area contributed by atoms with Crippen LogP contribution in [0.1, 0.15) is 54.4 Å². The molecular formula is C14H32N2O. The minimum Gasteiger partial charge on any atom is -0.359 e. The van der Waals surface area contributed by atoms with Crippen LogP contribution in [0.4, 0.5) is 0 Å². The van der Waals surface area contributed by atoms with Crippen molar-refractivity contribution < 1.29 is 4.74 Å². The molecular weight excluding hydrogens is 212 g/mol. The molecule has 1 saturated heterocycles. The van der Waals surface area contributed by atoms with Gasteiger partial charge in [-0.05, 0) is 40.2 Å². The van der Waals surface area contributed by atoms with Gasteiger partial charge in [0.2, 0.25) is 0 Å². The van der Waals surface area contributed by atoms with E-state index in [0.717, 1.165) is 26.2 Å². The van der Waals surface area contributed by atoms with Crippen LogP contribution in [0.2, 0.25) is 0 Å². The first-order chi connectivity index (χ1) is 8.07. The predicted octanol–water partition coefficient (Wildman–Crippen LogP) is 2.86. The molecule has 0 aromatic carbocycles. The summed E-state index contributed by atoms with van der Waals surface area (Å²) in [5.41, 5.74) is 0.0274. The van der Waals surface area contributed by atoms with Crippen LogP contribution in [0.5, 0.6) is 0 Å². The fourth-order valence-corrected chi connectivity index (χ4v) is 1.97. The van der Waals surface area contributed by atoms with E-state index in [4.69, 9.17) is 4.74 Å². The van der Waals surface area contributed by atoms with Crippen LogP contribution in [0.15, 0.2) is 0 Å². The first-order valence-corrected chi connectivity index (χ1v) is 7.16. The van der Waals surface area contributed by atoms with Crippen LogP contribution in [0, 0.1) is 0 Å².